The van der Waals surface area contributed by atoms with Crippen molar-refractivity contribution in [2.45, 2.75) is 166 Å². The molecule has 372 valence electrons. The third-order valence-electron chi connectivity index (χ3n) is 14.3. The third-order valence-corrected chi connectivity index (χ3v) is 15.6. The molecule has 0 unspecified atom stereocenters. The minimum Gasteiger partial charge on any atom is -0.468 e. The fourth-order valence-corrected chi connectivity index (χ4v) is 11.2. The number of thioether (sulfide) groups is 1. The summed E-state index contributed by atoms with van der Waals surface area (Å²) in [5, 5.41) is 9.45. The number of nitrogens with two attached hydrogens (primary N) is 1. The number of aryl methyl sites for hydroxylation is 2. The van der Waals surface area contributed by atoms with Gasteiger partial charge in [0, 0.05) is 30.2 Å². The van der Waals surface area contributed by atoms with Crippen molar-refractivity contribution < 1.29 is 38.2 Å². The van der Waals surface area contributed by atoms with Gasteiger partial charge in [-0.15, -0.1) is 11.8 Å². The van der Waals surface area contributed by atoms with Crippen LogP contribution in [0.4, 0.5) is 4.79 Å². The summed E-state index contributed by atoms with van der Waals surface area (Å²) in [5.41, 5.74) is 12.3. The molecule has 5 amide bonds. The number of carbonyl (C=O) groups excluding carboxylic acids is 6. The molecule has 1 fully saturated rings. The fourth-order valence-electron chi connectivity index (χ4n) is 10.3. The van der Waals surface area contributed by atoms with Gasteiger partial charge in [-0.1, -0.05) is 87.5 Å². The predicted octanol–water partition coefficient (Wildman–Crippen LogP) is 6.96. The van der Waals surface area contributed by atoms with Gasteiger partial charge in [0.05, 0.1) is 31.0 Å². The molecule has 2 heterocycles. The van der Waals surface area contributed by atoms with Crippen molar-refractivity contribution in [3.8, 4) is 0 Å². The van der Waals surface area contributed by atoms with E-state index in [4.69, 9.17) is 15.2 Å². The second kappa shape index (κ2) is 20.9. The van der Waals surface area contributed by atoms with E-state index in [1.165, 1.54) is 18.2 Å². The summed E-state index contributed by atoms with van der Waals surface area (Å²) < 4.78 is 9.50. The van der Waals surface area contributed by atoms with E-state index in [9.17, 15) is 24.0 Å². The first kappa shape index (κ1) is 51.4. The highest BCUT2D eigenvalue weighted by Gasteiger charge is 2.47. The monoisotopic (exact) mass is 965 g/mol. The summed E-state index contributed by atoms with van der Waals surface area (Å²) in [4.78, 5) is 88.1. The first-order valence-electron chi connectivity index (χ1n) is 24.5. The largest absolute Gasteiger partial charge is 0.468 e. The number of hydrogen-bond acceptors (Lipinski definition) is 10. The molecule has 5 N–H and O–H groups in total. The maximum Gasteiger partial charge on any atom is 0.408 e. The molecule has 3 aromatic rings. The van der Waals surface area contributed by atoms with Crippen molar-refractivity contribution in [3.05, 3.63) is 106 Å². The van der Waals surface area contributed by atoms with Gasteiger partial charge in [-0.25, -0.2) is 4.79 Å². The van der Waals surface area contributed by atoms with Crippen LogP contribution in [0.2, 0.25) is 0 Å². The molecule has 3 aromatic carbocycles. The molecule has 0 bridgehead atoms. The van der Waals surface area contributed by atoms with Crippen molar-refractivity contribution in [2.75, 3.05) is 19.4 Å². The molecule has 15 heteroatoms. The lowest BCUT2D eigenvalue weighted by Gasteiger charge is -2.42. The van der Waals surface area contributed by atoms with Crippen LogP contribution in [-0.2, 0) is 59.3 Å². The molecular weight excluding hydrogens is 893 g/mol. The molecular formula is C54H72N6O8S. The van der Waals surface area contributed by atoms with E-state index in [2.05, 4.69) is 34.1 Å². The number of ether oxygens (including phenoxy) is 2. The van der Waals surface area contributed by atoms with Crippen LogP contribution < -0.4 is 21.7 Å². The zero-order chi connectivity index (χ0) is 50.0. The Morgan fingerprint density at radius 1 is 0.739 bits per heavy atom. The number of likely N-dealkylation sites (tertiary alicyclic amines) is 1. The number of alkyl carbamates (subject to hydrolysis) is 1. The lowest BCUT2D eigenvalue weighted by Crippen LogP contribution is -2.62. The highest BCUT2D eigenvalue weighted by Crippen LogP contribution is 2.39. The molecule has 0 radical (unpaired) electrons. The van der Waals surface area contributed by atoms with E-state index in [-0.39, 0.29) is 61.0 Å². The van der Waals surface area contributed by atoms with Crippen LogP contribution in [0.25, 0.3) is 0 Å². The summed E-state index contributed by atoms with van der Waals surface area (Å²) in [5.74, 6) is -2.15. The van der Waals surface area contributed by atoms with Gasteiger partial charge in [-0.3, -0.25) is 24.0 Å². The number of benzene rings is 3. The van der Waals surface area contributed by atoms with Crippen LogP contribution in [0.15, 0.2) is 66.7 Å². The SMILES string of the molecule is COC(=O)CSC(C)(C)[C@H](NC(=O)OC(C)(C)C)C(=O)N1Cc2cc([C@H]3C[C@@H](C(=O)N[C@@H]4CCCc5ccccc54)N(C(=O)[C@@H](N)C(C)(C)C)C3)ccc2C[C@H]1C(=O)N[C@@H]1CCCc2ccccc21. The normalized spacial score (nSPS) is 22.2. The van der Waals surface area contributed by atoms with Gasteiger partial charge in [0.25, 0.3) is 0 Å². The molecule has 1 saturated heterocycles. The van der Waals surface area contributed by atoms with Crippen LogP contribution in [-0.4, -0.2) is 99.4 Å². The molecule has 0 spiro atoms. The molecule has 2 aliphatic carbocycles. The maximum atomic E-state index is 15.4. The Morgan fingerprint density at radius 3 is 1.88 bits per heavy atom. The quantitative estimate of drug-likeness (QED) is 0.138. The molecule has 2 aliphatic heterocycles. The van der Waals surface area contributed by atoms with E-state index in [1.807, 2.05) is 69.3 Å². The number of nitrogens with one attached hydrogen (secondary N) is 3. The summed E-state index contributed by atoms with van der Waals surface area (Å²) in [6.07, 6.45) is 5.01. The van der Waals surface area contributed by atoms with Crippen molar-refractivity contribution >= 4 is 47.5 Å². The number of methoxy groups -OCH3 is 1. The second-order valence-corrected chi connectivity index (χ2v) is 23.5. The lowest BCUT2D eigenvalue weighted by molar-refractivity contribution is -0.144. The topological polar surface area (TPSA) is 189 Å². The Hall–Kier alpha value is -5.41. The van der Waals surface area contributed by atoms with Crippen LogP contribution in [0.1, 0.15) is 144 Å². The third kappa shape index (κ3) is 12.0. The number of hydrogen-bond donors (Lipinski definition) is 4. The number of nitrogens with zero attached hydrogens (tertiary/aromatic N) is 2. The first-order chi connectivity index (χ1) is 32.5. The van der Waals surface area contributed by atoms with Gasteiger partial charge in [-0.05, 0) is 124 Å². The fraction of sp³-hybridized carbons (Fsp3) is 0.556. The molecule has 7 atom stereocenters. The van der Waals surface area contributed by atoms with Crippen molar-refractivity contribution in [2.24, 2.45) is 11.1 Å². The summed E-state index contributed by atoms with van der Waals surface area (Å²) in [6, 6.07) is 18.1. The number of fused-ring (bicyclic) bond motifs is 3. The zero-order valence-electron chi connectivity index (χ0n) is 41.8. The van der Waals surface area contributed by atoms with Gasteiger partial charge < -0.3 is 41.0 Å². The molecule has 4 aliphatic rings. The summed E-state index contributed by atoms with van der Waals surface area (Å²) in [6.45, 7) is 14.8. The maximum absolute atomic E-state index is 15.4. The molecule has 7 rings (SSSR count). The van der Waals surface area contributed by atoms with Crippen molar-refractivity contribution in [1.29, 1.82) is 0 Å². The summed E-state index contributed by atoms with van der Waals surface area (Å²) >= 11 is 1.16. The van der Waals surface area contributed by atoms with E-state index >= 15 is 4.79 Å². The summed E-state index contributed by atoms with van der Waals surface area (Å²) in [7, 11) is 1.29. The Labute approximate surface area is 411 Å². The van der Waals surface area contributed by atoms with E-state index in [0.717, 1.165) is 78.1 Å². The smallest absolute Gasteiger partial charge is 0.408 e. The Bertz CT molecular complexity index is 2430. The minimum atomic E-state index is -1.24. The van der Waals surface area contributed by atoms with Gasteiger partial charge in [0.2, 0.25) is 23.6 Å². The lowest BCUT2D eigenvalue weighted by atomic mass is 9.86. The van der Waals surface area contributed by atoms with E-state index in [1.54, 1.807) is 44.4 Å². The highest BCUT2D eigenvalue weighted by molar-refractivity contribution is 8.01. The second-order valence-electron chi connectivity index (χ2n) is 21.8. The predicted molar refractivity (Wildman–Crippen MR) is 267 cm³/mol. The number of carbonyl (C=O) groups is 6. The van der Waals surface area contributed by atoms with Crippen LogP contribution in [0.5, 0.6) is 0 Å². The average Bonchev–Trinajstić information content (AvgIpc) is 3.76. The Balaban J connectivity index is 1.22. The number of amides is 5. The van der Waals surface area contributed by atoms with Gasteiger partial charge >= 0.3 is 12.1 Å². The Kier molecular flexibility index (Phi) is 15.6. The van der Waals surface area contributed by atoms with Crippen LogP contribution >= 0.6 is 11.8 Å². The van der Waals surface area contributed by atoms with Crippen molar-refractivity contribution in [3.63, 3.8) is 0 Å². The van der Waals surface area contributed by atoms with Gasteiger partial charge in [0.1, 0.15) is 23.7 Å². The van der Waals surface area contributed by atoms with Crippen LogP contribution in [0.3, 0.4) is 0 Å². The number of esters is 1. The van der Waals surface area contributed by atoms with E-state index < -0.39 is 57.9 Å². The number of rotatable bonds is 12. The minimum absolute atomic E-state index is 0.0286. The highest BCUT2D eigenvalue weighted by atomic mass is 32.2. The van der Waals surface area contributed by atoms with Crippen LogP contribution in [0, 0.1) is 5.41 Å². The standard InChI is InChI=1S/C54H72N6O8S/c1-52(2,3)45(55)49(64)59-30-37(28-43(59)48(63)57-41-23-15-19-33-17-11-13-21-39(33)41)34-24-25-35-27-42(47(62)56-40-22-14-18-32-16-10-12-20-38(32)40)60(29-36(35)26-34)50(65)46(58-51(66)68-53(4,5)6)54(7,8)69-31-44(61)67-9/h10-13,16-17,20-21,24-26,37,40-43,45-46H,14-15,18-19,22-23,27-31,55H2,1-9H3,(H,56,62)(H,57,63)(H,58,66)/t37-,40+,41+,42-,43-,45+,46+/m0/s1. The molecule has 0 aromatic heterocycles. The molecule has 0 saturated carbocycles. The zero-order valence-corrected chi connectivity index (χ0v) is 42.6. The van der Waals surface area contributed by atoms with Crippen molar-refractivity contribution in [1.82, 2.24) is 25.8 Å². The molecule has 14 nitrogen and oxygen atoms in total. The van der Waals surface area contributed by atoms with Gasteiger partial charge in [-0.2, -0.15) is 0 Å². The van der Waals surface area contributed by atoms with E-state index in [0.29, 0.717) is 6.42 Å². The Morgan fingerprint density at radius 2 is 1.32 bits per heavy atom. The first-order valence-corrected chi connectivity index (χ1v) is 25.5. The molecule has 69 heavy (non-hydrogen) atoms. The van der Waals surface area contributed by atoms with Gasteiger partial charge in [0.15, 0.2) is 0 Å². The average molecular weight is 965 g/mol.